The standard InChI is InChI=1S/C26H22ClN5O/c1-17-4-5-20(26(33)32(3)24-10-8-23(27)9-11-24)12-18(17)6-7-19-13-21(14-29-25(19)28)22-15-30-31(2)16-22/h4-5,8-16H,1-3H3,(H2,28,29). The molecule has 164 valence electrons. The lowest BCUT2D eigenvalue weighted by Crippen LogP contribution is -2.26. The summed E-state index contributed by atoms with van der Waals surface area (Å²) in [5, 5.41) is 4.82. The van der Waals surface area contributed by atoms with Gasteiger partial charge >= 0.3 is 0 Å². The number of hydrogen-bond acceptors (Lipinski definition) is 4. The zero-order valence-corrected chi connectivity index (χ0v) is 19.3. The fraction of sp³-hybridized carbons (Fsp3) is 0.115. The van der Waals surface area contributed by atoms with Crippen LogP contribution in [-0.2, 0) is 7.05 Å². The number of hydrogen-bond donors (Lipinski definition) is 1. The topological polar surface area (TPSA) is 77.0 Å². The number of nitrogens with zero attached hydrogens (tertiary/aromatic N) is 4. The molecule has 0 aliphatic heterocycles. The zero-order valence-electron chi connectivity index (χ0n) is 18.5. The second kappa shape index (κ2) is 9.19. The Balaban J connectivity index is 1.63. The Hall–Kier alpha value is -4.08. The molecule has 0 spiro atoms. The lowest BCUT2D eigenvalue weighted by Gasteiger charge is -2.18. The summed E-state index contributed by atoms with van der Waals surface area (Å²) in [4.78, 5) is 18.9. The minimum absolute atomic E-state index is 0.139. The molecule has 2 aromatic carbocycles. The Labute approximate surface area is 197 Å². The fourth-order valence-electron chi connectivity index (χ4n) is 3.30. The van der Waals surface area contributed by atoms with E-state index >= 15 is 0 Å². The monoisotopic (exact) mass is 455 g/mol. The van der Waals surface area contributed by atoms with Crippen LogP contribution in [0, 0.1) is 18.8 Å². The second-order valence-electron chi connectivity index (χ2n) is 7.68. The Morgan fingerprint density at radius 1 is 1.03 bits per heavy atom. The first-order chi connectivity index (χ1) is 15.8. The summed E-state index contributed by atoms with van der Waals surface area (Å²) in [7, 11) is 3.59. The lowest BCUT2D eigenvalue weighted by atomic mass is 10.0. The number of aryl methyl sites for hydroxylation is 2. The minimum Gasteiger partial charge on any atom is -0.383 e. The average Bonchev–Trinajstić information content (AvgIpc) is 3.25. The first-order valence-corrected chi connectivity index (χ1v) is 10.6. The van der Waals surface area contributed by atoms with Crippen molar-refractivity contribution in [2.24, 2.45) is 7.05 Å². The molecule has 4 rings (SSSR count). The van der Waals surface area contributed by atoms with E-state index in [1.165, 1.54) is 0 Å². The number of carbonyl (C=O) groups excluding carboxylic acids is 1. The van der Waals surface area contributed by atoms with Crippen molar-refractivity contribution >= 4 is 29.0 Å². The van der Waals surface area contributed by atoms with Crippen molar-refractivity contribution in [3.05, 3.63) is 94.4 Å². The van der Waals surface area contributed by atoms with Crippen LogP contribution in [0.1, 0.15) is 27.0 Å². The molecule has 33 heavy (non-hydrogen) atoms. The van der Waals surface area contributed by atoms with Gasteiger partial charge in [-0.3, -0.25) is 9.48 Å². The molecule has 7 heteroatoms. The van der Waals surface area contributed by atoms with Crippen LogP contribution in [0.5, 0.6) is 0 Å². The third kappa shape index (κ3) is 4.89. The molecule has 0 aliphatic rings. The largest absolute Gasteiger partial charge is 0.383 e. The van der Waals surface area contributed by atoms with Crippen LogP contribution >= 0.6 is 11.6 Å². The summed E-state index contributed by atoms with van der Waals surface area (Å²) in [6, 6.07) is 14.5. The third-order valence-electron chi connectivity index (χ3n) is 5.29. The molecular weight excluding hydrogens is 434 g/mol. The van der Waals surface area contributed by atoms with Gasteiger partial charge in [0.05, 0.1) is 11.8 Å². The Morgan fingerprint density at radius 3 is 2.45 bits per heavy atom. The Kier molecular flexibility index (Phi) is 6.16. The van der Waals surface area contributed by atoms with Gasteiger partial charge in [0, 0.05) is 59.5 Å². The Bertz CT molecular complexity index is 1400. The van der Waals surface area contributed by atoms with Crippen LogP contribution < -0.4 is 10.6 Å². The van der Waals surface area contributed by atoms with Gasteiger partial charge in [0.1, 0.15) is 5.82 Å². The van der Waals surface area contributed by atoms with Gasteiger partial charge in [0.25, 0.3) is 5.91 Å². The molecule has 2 aromatic heterocycles. The zero-order chi connectivity index (χ0) is 23.5. The summed E-state index contributed by atoms with van der Waals surface area (Å²) in [5.41, 5.74) is 11.5. The highest BCUT2D eigenvalue weighted by atomic mass is 35.5. The number of amides is 1. The van der Waals surface area contributed by atoms with Crippen molar-refractivity contribution in [1.29, 1.82) is 0 Å². The van der Waals surface area contributed by atoms with E-state index in [0.29, 0.717) is 22.0 Å². The molecule has 4 aromatic rings. The van der Waals surface area contributed by atoms with E-state index in [-0.39, 0.29) is 5.91 Å². The van der Waals surface area contributed by atoms with E-state index < -0.39 is 0 Å². The number of aromatic nitrogens is 3. The number of pyridine rings is 1. The van der Waals surface area contributed by atoms with Gasteiger partial charge in [-0.1, -0.05) is 29.5 Å². The molecule has 0 saturated carbocycles. The maximum atomic E-state index is 13.0. The van der Waals surface area contributed by atoms with Gasteiger partial charge in [0.15, 0.2) is 0 Å². The quantitative estimate of drug-likeness (QED) is 0.454. The molecule has 2 N–H and O–H groups in total. The van der Waals surface area contributed by atoms with Gasteiger partial charge in [0.2, 0.25) is 0 Å². The lowest BCUT2D eigenvalue weighted by molar-refractivity contribution is 0.0993. The fourth-order valence-corrected chi connectivity index (χ4v) is 3.43. The number of halogens is 1. The van der Waals surface area contributed by atoms with Crippen molar-refractivity contribution in [3.63, 3.8) is 0 Å². The summed E-state index contributed by atoms with van der Waals surface area (Å²) >= 11 is 5.96. The molecule has 1 amide bonds. The van der Waals surface area contributed by atoms with Gasteiger partial charge in [-0.2, -0.15) is 5.10 Å². The van der Waals surface area contributed by atoms with Crippen molar-refractivity contribution < 1.29 is 4.79 Å². The molecule has 0 saturated heterocycles. The SMILES string of the molecule is Cc1ccc(C(=O)N(C)c2ccc(Cl)cc2)cc1C#Cc1cc(-c2cnn(C)c2)cnc1N. The van der Waals surface area contributed by atoms with Crippen LogP contribution in [0.25, 0.3) is 11.1 Å². The highest BCUT2D eigenvalue weighted by Crippen LogP contribution is 2.22. The number of nitrogen functional groups attached to an aromatic ring is 1. The van der Waals surface area contributed by atoms with Crippen LogP contribution in [0.4, 0.5) is 11.5 Å². The smallest absolute Gasteiger partial charge is 0.258 e. The predicted octanol–water partition coefficient (Wildman–Crippen LogP) is 4.70. The second-order valence-corrected chi connectivity index (χ2v) is 8.12. The van der Waals surface area contributed by atoms with E-state index in [2.05, 4.69) is 21.9 Å². The predicted molar refractivity (Wildman–Crippen MR) is 132 cm³/mol. The van der Waals surface area contributed by atoms with Crippen molar-refractivity contribution in [2.75, 3.05) is 17.7 Å². The first-order valence-electron chi connectivity index (χ1n) is 10.2. The number of nitrogens with two attached hydrogens (primary N) is 1. The maximum absolute atomic E-state index is 13.0. The van der Waals surface area contributed by atoms with Crippen molar-refractivity contribution in [1.82, 2.24) is 14.8 Å². The molecule has 0 atom stereocenters. The highest BCUT2D eigenvalue weighted by Gasteiger charge is 2.14. The van der Waals surface area contributed by atoms with Crippen molar-refractivity contribution in [3.8, 4) is 23.0 Å². The molecule has 0 fully saturated rings. The maximum Gasteiger partial charge on any atom is 0.258 e. The van der Waals surface area contributed by atoms with Crippen LogP contribution in [0.15, 0.2) is 67.1 Å². The third-order valence-corrected chi connectivity index (χ3v) is 5.54. The van der Waals surface area contributed by atoms with Crippen LogP contribution in [-0.4, -0.2) is 27.7 Å². The number of benzene rings is 2. The Morgan fingerprint density at radius 2 is 1.76 bits per heavy atom. The molecular formula is C26H22ClN5O. The first kappa shape index (κ1) is 22.1. The van der Waals surface area contributed by atoms with E-state index in [1.807, 2.05) is 32.3 Å². The van der Waals surface area contributed by atoms with E-state index in [0.717, 1.165) is 27.9 Å². The molecule has 6 nitrogen and oxygen atoms in total. The van der Waals surface area contributed by atoms with Crippen molar-refractivity contribution in [2.45, 2.75) is 6.92 Å². The summed E-state index contributed by atoms with van der Waals surface area (Å²) < 4.78 is 1.73. The van der Waals surface area contributed by atoms with Gasteiger partial charge in [-0.25, -0.2) is 4.98 Å². The summed E-state index contributed by atoms with van der Waals surface area (Å²) in [6.07, 6.45) is 5.37. The van der Waals surface area contributed by atoms with Gasteiger partial charge in [-0.05, 0) is 55.0 Å². The van der Waals surface area contributed by atoms with Gasteiger partial charge in [-0.15, -0.1) is 0 Å². The van der Waals surface area contributed by atoms with Crippen LogP contribution in [0.2, 0.25) is 5.02 Å². The average molecular weight is 456 g/mol. The molecule has 0 aliphatic carbocycles. The number of carbonyl (C=O) groups is 1. The molecule has 0 bridgehead atoms. The number of anilines is 2. The molecule has 0 radical (unpaired) electrons. The number of rotatable bonds is 3. The summed E-state index contributed by atoms with van der Waals surface area (Å²) in [6.45, 7) is 1.95. The normalized spacial score (nSPS) is 10.4. The summed E-state index contributed by atoms with van der Waals surface area (Å²) in [5.74, 6) is 6.48. The van der Waals surface area contributed by atoms with E-state index in [9.17, 15) is 4.79 Å². The van der Waals surface area contributed by atoms with E-state index in [1.54, 1.807) is 65.4 Å². The van der Waals surface area contributed by atoms with E-state index in [4.69, 9.17) is 17.3 Å². The van der Waals surface area contributed by atoms with Crippen LogP contribution in [0.3, 0.4) is 0 Å². The molecule has 0 unspecified atom stereocenters. The van der Waals surface area contributed by atoms with Gasteiger partial charge < -0.3 is 10.6 Å². The molecule has 2 heterocycles. The minimum atomic E-state index is -0.139. The highest BCUT2D eigenvalue weighted by molar-refractivity contribution is 6.30.